The average Bonchev–Trinajstić information content (AvgIpc) is 2.88. The lowest BCUT2D eigenvalue weighted by atomic mass is 9.97. The van der Waals surface area contributed by atoms with E-state index in [9.17, 15) is 4.79 Å². The Morgan fingerprint density at radius 1 is 1.19 bits per heavy atom. The van der Waals surface area contributed by atoms with Crippen molar-refractivity contribution >= 4 is 14.0 Å². The molecule has 1 aliphatic rings. The molecular weight excluding hydrogens is 276 g/mol. The summed E-state index contributed by atoms with van der Waals surface area (Å²) in [7, 11) is 0.292. The van der Waals surface area contributed by atoms with Gasteiger partial charge in [-0.25, -0.2) is 0 Å². The molecule has 0 aromatic heterocycles. The molecular formula is C18H32O2Si. The molecule has 0 bridgehead atoms. The van der Waals surface area contributed by atoms with Crippen LogP contribution in [0.2, 0.25) is 19.6 Å². The van der Waals surface area contributed by atoms with E-state index in [1.807, 2.05) is 0 Å². The smallest absolute Gasteiger partial charge is 0.305 e. The van der Waals surface area contributed by atoms with Gasteiger partial charge >= 0.3 is 5.97 Å². The predicted molar refractivity (Wildman–Crippen MR) is 93.0 cm³/mol. The summed E-state index contributed by atoms with van der Waals surface area (Å²) >= 11 is 0. The molecule has 1 saturated carbocycles. The molecule has 1 rings (SSSR count). The second-order valence-corrected chi connectivity index (χ2v) is 12.3. The fourth-order valence-corrected chi connectivity index (χ4v) is 4.52. The lowest BCUT2D eigenvalue weighted by molar-refractivity contribution is -0.140. The minimum atomic E-state index is -1.15. The van der Waals surface area contributed by atoms with E-state index in [0.717, 1.165) is 18.8 Å². The van der Waals surface area contributed by atoms with E-state index in [1.165, 1.54) is 39.2 Å². The summed E-state index contributed by atoms with van der Waals surface area (Å²) in [5.74, 6) is 0.791. The van der Waals surface area contributed by atoms with E-state index < -0.39 is 8.07 Å². The number of allylic oxidation sites excluding steroid dienone is 3. The molecule has 0 heterocycles. The largest absolute Gasteiger partial charge is 0.469 e. The topological polar surface area (TPSA) is 26.3 Å². The zero-order chi connectivity index (χ0) is 15.7. The standard InChI is InChI=1S/C18H32O2Si/c1-20-18(19)13-7-5-6-12-17(15-21(2,3)4)14-16-10-8-9-11-16/h5-6,15-16H,7-14H2,1-4H3/b6-5+,17-15+. The maximum Gasteiger partial charge on any atom is 0.305 e. The lowest BCUT2D eigenvalue weighted by Gasteiger charge is -2.17. The second-order valence-electron chi connectivity index (χ2n) is 7.31. The molecule has 3 heteroatoms. The van der Waals surface area contributed by atoms with Crippen molar-refractivity contribution in [3.05, 3.63) is 23.4 Å². The highest BCUT2D eigenvalue weighted by molar-refractivity contribution is 6.81. The van der Waals surface area contributed by atoms with Crippen molar-refractivity contribution in [2.24, 2.45) is 5.92 Å². The van der Waals surface area contributed by atoms with Gasteiger partial charge in [0.05, 0.1) is 15.2 Å². The number of hydrogen-bond donors (Lipinski definition) is 0. The van der Waals surface area contributed by atoms with Crippen molar-refractivity contribution in [1.29, 1.82) is 0 Å². The first kappa shape index (κ1) is 18.2. The summed E-state index contributed by atoms with van der Waals surface area (Å²) < 4.78 is 4.65. The predicted octanol–water partition coefficient (Wildman–Crippen LogP) is 5.27. The van der Waals surface area contributed by atoms with Crippen LogP contribution in [0.1, 0.15) is 51.4 Å². The van der Waals surface area contributed by atoms with Crippen LogP contribution < -0.4 is 0 Å². The molecule has 0 atom stereocenters. The molecule has 0 aromatic carbocycles. The van der Waals surface area contributed by atoms with Crippen LogP contribution in [-0.4, -0.2) is 21.2 Å². The van der Waals surface area contributed by atoms with E-state index in [0.29, 0.717) is 6.42 Å². The van der Waals surface area contributed by atoms with Crippen LogP contribution in [0, 0.1) is 5.92 Å². The number of hydrogen-bond acceptors (Lipinski definition) is 2. The third-order valence-corrected chi connectivity index (χ3v) is 5.23. The maximum absolute atomic E-state index is 11.1. The first-order chi connectivity index (χ1) is 9.90. The van der Waals surface area contributed by atoms with Gasteiger partial charge in [0, 0.05) is 6.42 Å². The van der Waals surface area contributed by atoms with Crippen molar-refractivity contribution < 1.29 is 9.53 Å². The summed E-state index contributed by atoms with van der Waals surface area (Å²) in [5, 5.41) is 0. The monoisotopic (exact) mass is 308 g/mol. The van der Waals surface area contributed by atoms with Crippen LogP contribution in [0.4, 0.5) is 0 Å². The first-order valence-electron chi connectivity index (χ1n) is 8.33. The van der Waals surface area contributed by atoms with Crippen molar-refractivity contribution in [3.8, 4) is 0 Å². The highest BCUT2D eigenvalue weighted by Crippen LogP contribution is 2.31. The summed E-state index contributed by atoms with van der Waals surface area (Å²) in [6.45, 7) is 7.22. The van der Waals surface area contributed by atoms with Crippen molar-refractivity contribution in [3.63, 3.8) is 0 Å². The maximum atomic E-state index is 11.1. The van der Waals surface area contributed by atoms with Gasteiger partial charge in [0.1, 0.15) is 0 Å². The van der Waals surface area contributed by atoms with Crippen molar-refractivity contribution in [1.82, 2.24) is 0 Å². The van der Waals surface area contributed by atoms with E-state index in [-0.39, 0.29) is 5.97 Å². The Balaban J connectivity index is 2.47. The van der Waals surface area contributed by atoms with Gasteiger partial charge in [-0.3, -0.25) is 4.79 Å². The van der Waals surface area contributed by atoms with Crippen LogP contribution in [-0.2, 0) is 9.53 Å². The zero-order valence-electron chi connectivity index (χ0n) is 14.3. The van der Waals surface area contributed by atoms with Crippen LogP contribution in [0.5, 0.6) is 0 Å². The SMILES string of the molecule is COC(=O)CC/C=C/C/C(=C\[Si](C)(C)C)CC1CCCC1. The summed E-state index contributed by atoms with van der Waals surface area (Å²) in [4.78, 5) is 11.1. The molecule has 1 aliphatic carbocycles. The molecule has 0 amide bonds. The zero-order valence-corrected chi connectivity index (χ0v) is 15.3. The molecule has 0 saturated heterocycles. The molecule has 21 heavy (non-hydrogen) atoms. The fourth-order valence-electron chi connectivity index (χ4n) is 3.05. The van der Waals surface area contributed by atoms with Gasteiger partial charge in [0.2, 0.25) is 0 Å². The highest BCUT2D eigenvalue weighted by atomic mass is 28.3. The Morgan fingerprint density at radius 2 is 1.86 bits per heavy atom. The van der Waals surface area contributed by atoms with Gasteiger partial charge in [-0.2, -0.15) is 0 Å². The molecule has 0 N–H and O–H groups in total. The van der Waals surface area contributed by atoms with Crippen LogP contribution in [0.25, 0.3) is 0 Å². The molecule has 0 aromatic rings. The summed E-state index contributed by atoms with van der Waals surface area (Å²) in [5.41, 5.74) is 4.20. The third kappa shape index (κ3) is 8.92. The highest BCUT2D eigenvalue weighted by Gasteiger charge is 2.18. The Morgan fingerprint density at radius 3 is 2.43 bits per heavy atom. The minimum absolute atomic E-state index is 0.122. The molecule has 120 valence electrons. The van der Waals surface area contributed by atoms with Gasteiger partial charge in [-0.1, -0.05) is 68.7 Å². The van der Waals surface area contributed by atoms with E-state index in [2.05, 4.69) is 42.2 Å². The molecule has 0 spiro atoms. The summed E-state index contributed by atoms with van der Waals surface area (Å²) in [6.07, 6.45) is 13.6. The number of methoxy groups -OCH3 is 1. The van der Waals surface area contributed by atoms with Crippen LogP contribution in [0.15, 0.2) is 23.4 Å². The van der Waals surface area contributed by atoms with Crippen LogP contribution >= 0.6 is 0 Å². The van der Waals surface area contributed by atoms with Crippen LogP contribution in [0.3, 0.4) is 0 Å². The number of carbonyl (C=O) groups is 1. The summed E-state index contributed by atoms with van der Waals surface area (Å²) in [6, 6.07) is 0. The number of carbonyl (C=O) groups excluding carboxylic acids is 1. The molecule has 1 fully saturated rings. The van der Waals surface area contributed by atoms with Gasteiger partial charge in [-0.05, 0) is 25.2 Å². The number of rotatable bonds is 8. The lowest BCUT2D eigenvalue weighted by Crippen LogP contribution is -2.17. The number of esters is 1. The molecule has 2 nitrogen and oxygen atoms in total. The molecule has 0 unspecified atom stereocenters. The van der Waals surface area contributed by atoms with Crippen molar-refractivity contribution in [2.45, 2.75) is 71.0 Å². The normalized spacial score (nSPS) is 17.6. The Hall–Kier alpha value is -0.833. The first-order valence-corrected chi connectivity index (χ1v) is 11.9. The second kappa shape index (κ2) is 9.24. The van der Waals surface area contributed by atoms with Gasteiger partial charge in [0.25, 0.3) is 0 Å². The Kier molecular flexibility index (Phi) is 8.01. The third-order valence-electron chi connectivity index (χ3n) is 3.95. The fraction of sp³-hybridized carbons (Fsp3) is 0.722. The van der Waals surface area contributed by atoms with E-state index in [1.54, 1.807) is 5.57 Å². The Labute approximate surface area is 131 Å². The van der Waals surface area contributed by atoms with Gasteiger partial charge in [0.15, 0.2) is 0 Å². The Bertz CT molecular complexity index is 371. The quantitative estimate of drug-likeness (QED) is 0.347. The minimum Gasteiger partial charge on any atom is -0.469 e. The van der Waals surface area contributed by atoms with Gasteiger partial charge in [-0.15, -0.1) is 0 Å². The van der Waals surface area contributed by atoms with Gasteiger partial charge < -0.3 is 4.74 Å². The molecule has 0 radical (unpaired) electrons. The average molecular weight is 309 g/mol. The molecule has 0 aliphatic heterocycles. The van der Waals surface area contributed by atoms with E-state index >= 15 is 0 Å². The van der Waals surface area contributed by atoms with Crippen molar-refractivity contribution in [2.75, 3.05) is 7.11 Å². The number of ether oxygens (including phenoxy) is 1. The van der Waals surface area contributed by atoms with E-state index in [4.69, 9.17) is 0 Å².